The van der Waals surface area contributed by atoms with Crippen LogP contribution in [0.15, 0.2) is 12.1 Å². The quantitative estimate of drug-likeness (QED) is 0.615. The summed E-state index contributed by atoms with van der Waals surface area (Å²) in [6.07, 6.45) is 5.35. The van der Waals surface area contributed by atoms with Crippen LogP contribution in [0.4, 0.5) is 0 Å². The topological polar surface area (TPSA) is 17.1 Å². The van der Waals surface area contributed by atoms with Gasteiger partial charge in [-0.1, -0.05) is 51.1 Å². The third kappa shape index (κ3) is 4.26. The highest BCUT2D eigenvalue weighted by molar-refractivity contribution is 7.18. The molecule has 0 N–H and O–H groups in total. The summed E-state index contributed by atoms with van der Waals surface area (Å²) < 4.78 is 0.699. The molecule has 1 aromatic heterocycles. The van der Waals surface area contributed by atoms with Gasteiger partial charge in [0, 0.05) is 6.42 Å². The highest BCUT2D eigenvalue weighted by atomic mass is 35.5. The maximum absolute atomic E-state index is 11.9. The summed E-state index contributed by atoms with van der Waals surface area (Å²) in [4.78, 5) is 12.7. The summed E-state index contributed by atoms with van der Waals surface area (Å²) >= 11 is 7.21. The molecule has 0 spiro atoms. The first-order valence-corrected chi connectivity index (χ1v) is 7.15. The van der Waals surface area contributed by atoms with Gasteiger partial charge in [-0.3, -0.25) is 4.79 Å². The fraction of sp³-hybridized carbons (Fsp3) is 0.615. The van der Waals surface area contributed by atoms with Crippen LogP contribution in [0.2, 0.25) is 4.34 Å². The first-order chi connectivity index (χ1) is 7.67. The van der Waals surface area contributed by atoms with E-state index in [-0.39, 0.29) is 5.78 Å². The van der Waals surface area contributed by atoms with Crippen LogP contribution in [0.25, 0.3) is 0 Å². The maximum atomic E-state index is 11.9. The van der Waals surface area contributed by atoms with E-state index in [0.29, 0.717) is 16.7 Å². The molecule has 0 aliphatic rings. The summed E-state index contributed by atoms with van der Waals surface area (Å²) in [6.45, 7) is 4.35. The van der Waals surface area contributed by atoms with Crippen LogP contribution in [0.5, 0.6) is 0 Å². The van der Waals surface area contributed by atoms with Gasteiger partial charge in [-0.05, 0) is 18.1 Å². The molecule has 1 nitrogen and oxygen atoms in total. The smallest absolute Gasteiger partial charge is 0.173 e. The Balaban J connectivity index is 2.48. The van der Waals surface area contributed by atoms with E-state index in [2.05, 4.69) is 13.8 Å². The molecule has 0 radical (unpaired) electrons. The summed E-state index contributed by atoms with van der Waals surface area (Å²) in [5, 5.41) is 0. The standard InChI is InChI=1S/C13H19ClOS/c1-3-5-6-10(4-2)9-11(15)12-7-8-13(14)16-12/h7-8,10H,3-6,9H2,1-2H3. The third-order valence-corrected chi connectivity index (χ3v) is 4.14. The SMILES string of the molecule is CCCCC(CC)CC(=O)c1ccc(Cl)s1. The van der Waals surface area contributed by atoms with Crippen LogP contribution >= 0.6 is 22.9 Å². The van der Waals surface area contributed by atoms with Crippen LogP contribution in [-0.2, 0) is 0 Å². The van der Waals surface area contributed by atoms with Crippen molar-refractivity contribution in [1.29, 1.82) is 0 Å². The van der Waals surface area contributed by atoms with Gasteiger partial charge < -0.3 is 0 Å². The van der Waals surface area contributed by atoms with Crippen molar-refractivity contribution in [1.82, 2.24) is 0 Å². The molecule has 0 saturated heterocycles. The lowest BCUT2D eigenvalue weighted by Gasteiger charge is -2.12. The molecule has 0 fully saturated rings. The molecular weight excluding hydrogens is 240 g/mol. The van der Waals surface area contributed by atoms with Crippen molar-refractivity contribution in [3.8, 4) is 0 Å². The van der Waals surface area contributed by atoms with Crippen molar-refractivity contribution >= 4 is 28.7 Å². The minimum atomic E-state index is 0.250. The van der Waals surface area contributed by atoms with E-state index in [1.807, 2.05) is 6.07 Å². The predicted octanol–water partition coefficient (Wildman–Crippen LogP) is 5.19. The van der Waals surface area contributed by atoms with Crippen molar-refractivity contribution in [2.45, 2.75) is 46.0 Å². The lowest BCUT2D eigenvalue weighted by atomic mass is 9.93. The molecule has 90 valence electrons. The average Bonchev–Trinajstić information content (AvgIpc) is 2.70. The highest BCUT2D eigenvalue weighted by Gasteiger charge is 2.14. The number of carbonyl (C=O) groups excluding carboxylic acids is 1. The van der Waals surface area contributed by atoms with E-state index >= 15 is 0 Å². The van der Waals surface area contributed by atoms with Crippen molar-refractivity contribution in [3.05, 3.63) is 21.3 Å². The Bertz CT molecular complexity index is 332. The number of ketones is 1. The van der Waals surface area contributed by atoms with Gasteiger partial charge in [0.05, 0.1) is 9.21 Å². The molecule has 0 bridgehead atoms. The van der Waals surface area contributed by atoms with Gasteiger partial charge in [-0.25, -0.2) is 0 Å². The molecule has 1 unspecified atom stereocenters. The molecule has 1 rings (SSSR count). The largest absolute Gasteiger partial charge is 0.293 e. The van der Waals surface area contributed by atoms with Crippen molar-refractivity contribution < 1.29 is 4.79 Å². The molecule has 0 saturated carbocycles. The van der Waals surface area contributed by atoms with Crippen LogP contribution in [-0.4, -0.2) is 5.78 Å². The third-order valence-electron chi connectivity index (χ3n) is 2.87. The molecule has 1 heterocycles. The van der Waals surface area contributed by atoms with Gasteiger partial charge in [-0.15, -0.1) is 11.3 Å². The second kappa shape index (κ2) is 7.08. The number of rotatable bonds is 7. The van der Waals surface area contributed by atoms with E-state index < -0.39 is 0 Å². The zero-order chi connectivity index (χ0) is 12.0. The first kappa shape index (κ1) is 13.7. The molecule has 0 aliphatic carbocycles. The summed E-state index contributed by atoms with van der Waals surface area (Å²) in [7, 11) is 0. The first-order valence-electron chi connectivity index (χ1n) is 5.95. The average molecular weight is 259 g/mol. The number of Topliss-reactive ketones (excluding diaryl/α,β-unsaturated/α-hetero) is 1. The van der Waals surface area contributed by atoms with E-state index in [1.54, 1.807) is 6.07 Å². The molecule has 1 atom stereocenters. The van der Waals surface area contributed by atoms with Gasteiger partial charge in [0.15, 0.2) is 5.78 Å². The van der Waals surface area contributed by atoms with Crippen molar-refractivity contribution in [3.63, 3.8) is 0 Å². The molecule has 3 heteroatoms. The second-order valence-electron chi connectivity index (χ2n) is 4.15. The van der Waals surface area contributed by atoms with E-state index in [4.69, 9.17) is 11.6 Å². The number of hydrogen-bond donors (Lipinski definition) is 0. The van der Waals surface area contributed by atoms with Crippen LogP contribution in [0, 0.1) is 5.92 Å². The fourth-order valence-electron chi connectivity index (χ4n) is 1.77. The number of halogens is 1. The van der Waals surface area contributed by atoms with E-state index in [0.717, 1.165) is 17.7 Å². The Morgan fingerprint density at radius 2 is 2.19 bits per heavy atom. The lowest BCUT2D eigenvalue weighted by molar-refractivity contribution is 0.0961. The zero-order valence-corrected chi connectivity index (χ0v) is 11.5. The Labute approximate surface area is 107 Å². The second-order valence-corrected chi connectivity index (χ2v) is 5.86. The number of thiophene rings is 1. The molecule has 0 amide bonds. The molecule has 0 aromatic carbocycles. The predicted molar refractivity (Wildman–Crippen MR) is 71.6 cm³/mol. The summed E-state index contributed by atoms with van der Waals surface area (Å²) in [5.41, 5.74) is 0. The normalized spacial score (nSPS) is 12.7. The summed E-state index contributed by atoms with van der Waals surface area (Å²) in [6, 6.07) is 3.63. The molecule has 16 heavy (non-hydrogen) atoms. The minimum Gasteiger partial charge on any atom is -0.293 e. The van der Waals surface area contributed by atoms with Crippen LogP contribution in [0.3, 0.4) is 0 Å². The Morgan fingerprint density at radius 3 is 2.69 bits per heavy atom. The van der Waals surface area contributed by atoms with Crippen molar-refractivity contribution in [2.24, 2.45) is 5.92 Å². The lowest BCUT2D eigenvalue weighted by Crippen LogP contribution is -2.07. The summed E-state index contributed by atoms with van der Waals surface area (Å²) in [5.74, 6) is 0.785. The minimum absolute atomic E-state index is 0.250. The van der Waals surface area contributed by atoms with Gasteiger partial charge in [0.2, 0.25) is 0 Å². The Morgan fingerprint density at radius 1 is 1.44 bits per heavy atom. The highest BCUT2D eigenvalue weighted by Crippen LogP contribution is 2.25. The molecule has 0 aliphatic heterocycles. The van der Waals surface area contributed by atoms with Crippen LogP contribution in [0.1, 0.15) is 55.6 Å². The van der Waals surface area contributed by atoms with E-state index in [9.17, 15) is 4.79 Å². The van der Waals surface area contributed by atoms with Gasteiger partial charge in [-0.2, -0.15) is 0 Å². The Kier molecular flexibility index (Phi) is 6.07. The number of carbonyl (C=O) groups is 1. The van der Waals surface area contributed by atoms with Crippen LogP contribution < -0.4 is 0 Å². The van der Waals surface area contributed by atoms with Gasteiger partial charge in [0.1, 0.15) is 0 Å². The monoisotopic (exact) mass is 258 g/mol. The molecular formula is C13H19ClOS. The Hall–Kier alpha value is -0.340. The van der Waals surface area contributed by atoms with Gasteiger partial charge >= 0.3 is 0 Å². The number of unbranched alkanes of at least 4 members (excludes halogenated alkanes) is 1. The fourth-order valence-corrected chi connectivity index (χ4v) is 2.76. The van der Waals surface area contributed by atoms with E-state index in [1.165, 1.54) is 24.2 Å². The zero-order valence-electron chi connectivity index (χ0n) is 9.96. The van der Waals surface area contributed by atoms with Crippen molar-refractivity contribution in [2.75, 3.05) is 0 Å². The van der Waals surface area contributed by atoms with Gasteiger partial charge in [0.25, 0.3) is 0 Å². The number of hydrogen-bond acceptors (Lipinski definition) is 2. The maximum Gasteiger partial charge on any atom is 0.173 e. The molecule has 1 aromatic rings.